The van der Waals surface area contributed by atoms with E-state index in [0.29, 0.717) is 65.0 Å². The van der Waals surface area contributed by atoms with Crippen molar-refractivity contribution in [3.05, 3.63) is 71.9 Å². The number of carbonyl (C=O) groups excluding carboxylic acids is 1. The van der Waals surface area contributed by atoms with Crippen molar-refractivity contribution >= 4 is 27.3 Å². The summed E-state index contributed by atoms with van der Waals surface area (Å²) in [6.07, 6.45) is 2.89. The number of carbonyl (C=O) groups is 1. The molecule has 0 saturated heterocycles. The lowest BCUT2D eigenvalue weighted by Crippen LogP contribution is -2.44. The van der Waals surface area contributed by atoms with Gasteiger partial charge in [-0.05, 0) is 44.6 Å². The standard InChI is InChI=1S/C34H35F2N7O4S/c1-6-29(44)42-19-23-16-26(40-43(23)18-20(42)2)33-31(30-25(36)14-22(35)15-27(30)46-11-10-45-5)34-24(7-12-48-34)32(38-33)21-13-28(39-37-17-21)47-9-8-41(3)4/h6-7,12-17,20H,1,8-11,18-19H2,2-5H3. The summed E-state index contributed by atoms with van der Waals surface area (Å²) >= 11 is 1.39. The Bertz CT molecular complexity index is 1980. The zero-order valence-corrected chi connectivity index (χ0v) is 27.9. The van der Waals surface area contributed by atoms with Crippen LogP contribution in [-0.4, -0.2) is 94.3 Å². The van der Waals surface area contributed by atoms with Crippen LogP contribution in [0.5, 0.6) is 11.6 Å². The van der Waals surface area contributed by atoms with Gasteiger partial charge in [0.15, 0.2) is 0 Å². The zero-order chi connectivity index (χ0) is 33.9. The van der Waals surface area contributed by atoms with Crippen molar-refractivity contribution in [2.24, 2.45) is 0 Å². The van der Waals surface area contributed by atoms with Gasteiger partial charge in [-0.1, -0.05) is 6.58 Å². The molecule has 4 aromatic heterocycles. The first-order chi connectivity index (χ1) is 23.2. The molecule has 5 heterocycles. The number of likely N-dealkylation sites (N-methyl/N-ethyl adjacent to an activating group) is 1. The second kappa shape index (κ2) is 14.1. The highest BCUT2D eigenvalue weighted by Crippen LogP contribution is 2.47. The third-order valence-electron chi connectivity index (χ3n) is 7.98. The van der Waals surface area contributed by atoms with Crippen LogP contribution in [0.25, 0.3) is 43.9 Å². The summed E-state index contributed by atoms with van der Waals surface area (Å²) in [4.78, 5) is 21.5. The van der Waals surface area contributed by atoms with Gasteiger partial charge in [-0.15, -0.1) is 16.4 Å². The van der Waals surface area contributed by atoms with Crippen molar-refractivity contribution in [1.82, 2.24) is 34.8 Å². The Balaban J connectivity index is 1.57. The molecule has 0 N–H and O–H groups in total. The Kier molecular flexibility index (Phi) is 9.76. The second-order valence-corrected chi connectivity index (χ2v) is 12.5. The number of fused-ring (bicyclic) bond motifs is 2. The fourth-order valence-corrected chi connectivity index (χ4v) is 6.58. The van der Waals surface area contributed by atoms with E-state index >= 15 is 4.39 Å². The Morgan fingerprint density at radius 2 is 1.96 bits per heavy atom. The number of ether oxygens (including phenoxy) is 3. The maximum Gasteiger partial charge on any atom is 0.246 e. The van der Waals surface area contributed by atoms with Gasteiger partial charge in [0.1, 0.15) is 42.0 Å². The van der Waals surface area contributed by atoms with Crippen molar-refractivity contribution < 1.29 is 27.8 Å². The lowest BCUT2D eigenvalue weighted by Gasteiger charge is -2.33. The number of thiophene rings is 1. The summed E-state index contributed by atoms with van der Waals surface area (Å²) in [5.74, 6) is -1.42. The molecule has 5 aromatic rings. The summed E-state index contributed by atoms with van der Waals surface area (Å²) in [5, 5.41) is 15.8. The molecular weight excluding hydrogens is 640 g/mol. The molecule has 1 aromatic carbocycles. The van der Waals surface area contributed by atoms with Crippen LogP contribution in [0.3, 0.4) is 0 Å². The maximum atomic E-state index is 16.1. The molecule has 0 aliphatic carbocycles. The second-order valence-electron chi connectivity index (χ2n) is 11.6. The zero-order valence-electron chi connectivity index (χ0n) is 27.1. The van der Waals surface area contributed by atoms with Crippen LogP contribution in [0.2, 0.25) is 0 Å². The highest BCUT2D eigenvalue weighted by molar-refractivity contribution is 7.18. The van der Waals surface area contributed by atoms with Crippen LogP contribution in [0.1, 0.15) is 12.6 Å². The minimum atomic E-state index is -0.810. The number of benzene rings is 1. The van der Waals surface area contributed by atoms with Gasteiger partial charge in [0.25, 0.3) is 0 Å². The van der Waals surface area contributed by atoms with Gasteiger partial charge in [0.2, 0.25) is 11.8 Å². The number of aromatic nitrogens is 5. The average Bonchev–Trinajstić information content (AvgIpc) is 3.71. The van der Waals surface area contributed by atoms with E-state index in [1.165, 1.54) is 24.5 Å². The summed E-state index contributed by atoms with van der Waals surface area (Å²) in [6.45, 7) is 7.72. The van der Waals surface area contributed by atoms with E-state index in [9.17, 15) is 9.18 Å². The predicted molar refractivity (Wildman–Crippen MR) is 179 cm³/mol. The molecule has 250 valence electrons. The fourth-order valence-electron chi connectivity index (χ4n) is 5.63. The van der Waals surface area contributed by atoms with Crippen LogP contribution in [0.15, 0.2) is 54.6 Å². The van der Waals surface area contributed by atoms with E-state index < -0.39 is 11.6 Å². The first-order valence-electron chi connectivity index (χ1n) is 15.3. The number of hydrogen-bond acceptors (Lipinski definition) is 10. The Morgan fingerprint density at radius 1 is 1.12 bits per heavy atom. The van der Waals surface area contributed by atoms with Gasteiger partial charge in [-0.2, -0.15) is 10.2 Å². The van der Waals surface area contributed by atoms with E-state index in [1.807, 2.05) is 48.1 Å². The first-order valence-corrected chi connectivity index (χ1v) is 16.2. The van der Waals surface area contributed by atoms with Crippen molar-refractivity contribution in [2.75, 3.05) is 47.6 Å². The topological polar surface area (TPSA) is 108 Å². The van der Waals surface area contributed by atoms with Crippen molar-refractivity contribution in [3.63, 3.8) is 0 Å². The van der Waals surface area contributed by atoms with Crippen LogP contribution >= 0.6 is 11.3 Å². The molecule has 1 aliphatic heterocycles. The third kappa shape index (κ3) is 6.64. The molecule has 1 unspecified atom stereocenters. The minimum absolute atomic E-state index is 0.0116. The molecule has 14 heteroatoms. The molecule has 0 bridgehead atoms. The van der Waals surface area contributed by atoms with Crippen LogP contribution in [0.4, 0.5) is 8.78 Å². The third-order valence-corrected chi connectivity index (χ3v) is 8.91. The molecule has 0 radical (unpaired) electrons. The lowest BCUT2D eigenvalue weighted by atomic mass is 9.96. The highest BCUT2D eigenvalue weighted by Gasteiger charge is 2.30. The Hall–Kier alpha value is -4.79. The molecule has 0 saturated carbocycles. The molecule has 0 fully saturated rings. The normalized spacial score (nSPS) is 14.4. The molecular formula is C34H35F2N7O4S. The van der Waals surface area contributed by atoms with Gasteiger partial charge < -0.3 is 24.0 Å². The summed E-state index contributed by atoms with van der Waals surface area (Å²) in [7, 11) is 5.42. The molecule has 11 nitrogen and oxygen atoms in total. The van der Waals surface area contributed by atoms with Crippen molar-refractivity contribution in [2.45, 2.75) is 26.1 Å². The monoisotopic (exact) mass is 675 g/mol. The molecule has 1 amide bonds. The van der Waals surface area contributed by atoms with E-state index in [1.54, 1.807) is 17.2 Å². The van der Waals surface area contributed by atoms with Crippen LogP contribution < -0.4 is 9.47 Å². The van der Waals surface area contributed by atoms with Crippen molar-refractivity contribution in [1.29, 1.82) is 0 Å². The number of hydrogen-bond donors (Lipinski definition) is 0. The van der Waals surface area contributed by atoms with Crippen molar-refractivity contribution in [3.8, 4) is 45.4 Å². The quantitative estimate of drug-likeness (QED) is 0.126. The Morgan fingerprint density at radius 3 is 2.73 bits per heavy atom. The van der Waals surface area contributed by atoms with Gasteiger partial charge in [-0.25, -0.2) is 13.8 Å². The van der Waals surface area contributed by atoms with E-state index in [4.69, 9.17) is 24.3 Å². The number of amides is 1. The number of nitrogens with zero attached hydrogens (tertiary/aromatic N) is 7. The fraction of sp³-hybridized carbons (Fsp3) is 0.324. The molecule has 1 atom stereocenters. The SMILES string of the molecule is C=CC(=O)N1Cc2cc(-c3nc(-c4cnnc(OCCN(C)C)c4)c4ccsc4c3-c3c(F)cc(F)cc3OCCOC)nn2CC1C. The van der Waals surface area contributed by atoms with Crippen LogP contribution in [-0.2, 0) is 22.6 Å². The van der Waals surface area contributed by atoms with E-state index in [2.05, 4.69) is 16.8 Å². The summed E-state index contributed by atoms with van der Waals surface area (Å²) in [5.41, 5.74) is 3.23. The van der Waals surface area contributed by atoms with Gasteiger partial charge in [0, 0.05) is 59.1 Å². The summed E-state index contributed by atoms with van der Waals surface area (Å²) < 4.78 is 50.1. The number of halogens is 2. The molecule has 48 heavy (non-hydrogen) atoms. The maximum absolute atomic E-state index is 16.1. The number of rotatable bonds is 12. The largest absolute Gasteiger partial charge is 0.490 e. The first kappa shape index (κ1) is 33.1. The highest BCUT2D eigenvalue weighted by atomic mass is 32.1. The van der Waals surface area contributed by atoms with Gasteiger partial charge in [0.05, 0.1) is 42.8 Å². The van der Waals surface area contributed by atoms with Gasteiger partial charge in [-0.3, -0.25) is 9.48 Å². The summed E-state index contributed by atoms with van der Waals surface area (Å²) in [6, 6.07) is 7.36. The average molecular weight is 676 g/mol. The van der Waals surface area contributed by atoms with Gasteiger partial charge >= 0.3 is 0 Å². The molecule has 6 rings (SSSR count). The van der Waals surface area contributed by atoms with E-state index in [-0.39, 0.29) is 36.5 Å². The smallest absolute Gasteiger partial charge is 0.246 e. The number of methoxy groups -OCH3 is 1. The lowest BCUT2D eigenvalue weighted by molar-refractivity contribution is -0.129. The number of pyridine rings is 1. The van der Waals surface area contributed by atoms with E-state index in [0.717, 1.165) is 23.2 Å². The van der Waals surface area contributed by atoms with Crippen LogP contribution in [0, 0.1) is 11.6 Å². The minimum Gasteiger partial charge on any atom is -0.490 e. The molecule has 0 spiro atoms. The molecule has 1 aliphatic rings. The Labute approximate surface area is 280 Å². The predicted octanol–water partition coefficient (Wildman–Crippen LogP) is 5.44.